The monoisotopic (exact) mass is 187 g/mol. The van der Waals surface area contributed by atoms with Gasteiger partial charge in [0.05, 0.1) is 13.1 Å². The number of rotatable bonds is 8. The summed E-state index contributed by atoms with van der Waals surface area (Å²) in [6.45, 7) is 4.70. The van der Waals surface area contributed by atoms with Gasteiger partial charge in [0.15, 0.2) is 0 Å². The van der Waals surface area contributed by atoms with E-state index in [1.54, 1.807) is 0 Å². The fourth-order valence-corrected chi connectivity index (χ4v) is 0.760. The lowest BCUT2D eigenvalue weighted by molar-refractivity contribution is -0.107. The second kappa shape index (κ2) is 7.72. The van der Waals surface area contributed by atoms with E-state index in [1.165, 1.54) is 0 Å². The van der Waals surface area contributed by atoms with E-state index in [-0.39, 0.29) is 6.54 Å². The summed E-state index contributed by atoms with van der Waals surface area (Å²) in [5, 5.41) is 14.7. The molecule has 5 heteroatoms. The third-order valence-electron chi connectivity index (χ3n) is 1.43. The highest BCUT2D eigenvalue weighted by Crippen LogP contribution is 1.89. The molecule has 1 unspecified atom stereocenters. The first-order valence-electron chi connectivity index (χ1n) is 4.17. The van der Waals surface area contributed by atoms with Crippen molar-refractivity contribution in [2.24, 2.45) is 5.73 Å². The van der Waals surface area contributed by atoms with Gasteiger partial charge >= 0.3 is 0 Å². The lowest BCUT2D eigenvalue weighted by Gasteiger charge is -2.13. The van der Waals surface area contributed by atoms with Crippen molar-refractivity contribution in [3.8, 4) is 0 Å². The molecule has 0 aliphatic rings. The van der Waals surface area contributed by atoms with Crippen molar-refractivity contribution in [2.45, 2.75) is 12.6 Å². The van der Waals surface area contributed by atoms with Crippen LogP contribution < -0.4 is 16.4 Å². The van der Waals surface area contributed by atoms with Gasteiger partial charge in [0.25, 0.3) is 0 Å². The summed E-state index contributed by atoms with van der Waals surface area (Å²) in [6, 6.07) is 0. The molecule has 0 aromatic heterocycles. The Morgan fingerprint density at radius 1 is 1.69 bits per heavy atom. The first-order valence-corrected chi connectivity index (χ1v) is 4.17. The summed E-state index contributed by atoms with van der Waals surface area (Å²) >= 11 is 0. The first-order chi connectivity index (χ1) is 6.20. The average molecular weight is 187 g/mol. The van der Waals surface area contributed by atoms with E-state index in [0.29, 0.717) is 25.8 Å². The minimum absolute atomic E-state index is 0.145. The molecule has 0 heterocycles. The van der Waals surface area contributed by atoms with Crippen LogP contribution in [-0.2, 0) is 4.79 Å². The molecule has 0 saturated heterocycles. The van der Waals surface area contributed by atoms with Crippen LogP contribution in [0, 0.1) is 0 Å². The van der Waals surface area contributed by atoms with Gasteiger partial charge < -0.3 is 21.0 Å². The van der Waals surface area contributed by atoms with Crippen LogP contribution in [0.2, 0.25) is 0 Å². The number of carbonyl (C=O) groups is 1. The number of nitrogens with two attached hydrogens (primary N) is 1. The Morgan fingerprint density at radius 3 is 2.92 bits per heavy atom. The molecule has 0 bridgehead atoms. The Morgan fingerprint density at radius 2 is 2.38 bits per heavy atom. The zero-order chi connectivity index (χ0) is 10.1. The summed E-state index contributed by atoms with van der Waals surface area (Å²) < 4.78 is 0. The van der Waals surface area contributed by atoms with E-state index in [9.17, 15) is 9.90 Å². The quantitative estimate of drug-likeness (QED) is 0.276. The largest absolute Gasteiger partial charge is 0.385 e. The van der Waals surface area contributed by atoms with Gasteiger partial charge in [-0.25, -0.2) is 0 Å². The third-order valence-corrected chi connectivity index (χ3v) is 1.43. The molecule has 0 aromatic carbocycles. The minimum atomic E-state index is -0.736. The van der Waals surface area contributed by atoms with E-state index < -0.39 is 6.23 Å². The van der Waals surface area contributed by atoms with Gasteiger partial charge in [-0.15, -0.1) is 0 Å². The molecule has 0 radical (unpaired) electrons. The van der Waals surface area contributed by atoms with Gasteiger partial charge in [-0.1, -0.05) is 6.58 Å². The molecule has 76 valence electrons. The van der Waals surface area contributed by atoms with Crippen molar-refractivity contribution in [3.05, 3.63) is 12.3 Å². The Balaban J connectivity index is 3.39. The van der Waals surface area contributed by atoms with Gasteiger partial charge in [-0.05, 0) is 13.0 Å². The molecular formula is C8H17N3O2. The van der Waals surface area contributed by atoms with E-state index in [1.807, 2.05) is 0 Å². The Labute approximate surface area is 78.0 Å². The van der Waals surface area contributed by atoms with E-state index in [4.69, 9.17) is 5.73 Å². The molecule has 1 atom stereocenters. The molecule has 0 aliphatic carbocycles. The van der Waals surface area contributed by atoms with Crippen LogP contribution in [0.3, 0.4) is 0 Å². The zero-order valence-corrected chi connectivity index (χ0v) is 7.62. The SMILES string of the molecule is C=C(CCN)NCC(O)NCC=O. The summed E-state index contributed by atoms with van der Waals surface area (Å²) in [5.41, 5.74) is 6.08. The number of aliphatic hydroxyl groups is 1. The maximum atomic E-state index is 9.92. The molecular weight excluding hydrogens is 170 g/mol. The smallest absolute Gasteiger partial charge is 0.133 e. The molecule has 0 amide bonds. The lowest BCUT2D eigenvalue weighted by Crippen LogP contribution is -2.39. The topological polar surface area (TPSA) is 87.4 Å². The fourth-order valence-electron chi connectivity index (χ4n) is 0.760. The lowest BCUT2D eigenvalue weighted by atomic mass is 10.3. The van der Waals surface area contributed by atoms with Gasteiger partial charge in [-0.3, -0.25) is 5.32 Å². The highest BCUT2D eigenvalue weighted by molar-refractivity contribution is 5.51. The van der Waals surface area contributed by atoms with Gasteiger partial charge in [0.2, 0.25) is 0 Å². The average Bonchev–Trinajstić information content (AvgIpc) is 2.12. The Hall–Kier alpha value is -0.910. The highest BCUT2D eigenvalue weighted by atomic mass is 16.3. The van der Waals surface area contributed by atoms with Crippen molar-refractivity contribution in [1.29, 1.82) is 0 Å². The molecule has 0 aromatic rings. The molecule has 0 rings (SSSR count). The van der Waals surface area contributed by atoms with Crippen molar-refractivity contribution in [3.63, 3.8) is 0 Å². The van der Waals surface area contributed by atoms with Crippen LogP contribution in [0.25, 0.3) is 0 Å². The second-order valence-electron chi connectivity index (χ2n) is 2.61. The molecule has 13 heavy (non-hydrogen) atoms. The number of carbonyl (C=O) groups excluding carboxylic acids is 1. The van der Waals surface area contributed by atoms with Crippen LogP contribution in [0.4, 0.5) is 0 Å². The van der Waals surface area contributed by atoms with Crippen LogP contribution >= 0.6 is 0 Å². The zero-order valence-electron chi connectivity index (χ0n) is 7.62. The predicted octanol–water partition coefficient (Wildman–Crippen LogP) is -1.45. The van der Waals surface area contributed by atoms with Crippen molar-refractivity contribution in [2.75, 3.05) is 19.6 Å². The first kappa shape index (κ1) is 12.1. The third kappa shape index (κ3) is 7.45. The van der Waals surface area contributed by atoms with E-state index in [0.717, 1.165) is 5.70 Å². The van der Waals surface area contributed by atoms with E-state index >= 15 is 0 Å². The summed E-state index contributed by atoms with van der Waals surface area (Å²) in [5.74, 6) is 0. The fraction of sp³-hybridized carbons (Fsp3) is 0.625. The normalized spacial score (nSPS) is 12.2. The number of nitrogens with one attached hydrogen (secondary N) is 2. The van der Waals surface area contributed by atoms with Crippen molar-refractivity contribution < 1.29 is 9.90 Å². The standard InChI is InChI=1S/C8H17N3O2/c1-7(2-3-9)11-6-8(13)10-4-5-12/h5,8,10-11,13H,1-4,6,9H2. The van der Waals surface area contributed by atoms with Gasteiger partial charge in [0, 0.05) is 5.70 Å². The van der Waals surface area contributed by atoms with Crippen LogP contribution in [-0.4, -0.2) is 37.3 Å². The molecule has 5 N–H and O–H groups in total. The Bertz CT molecular complexity index is 161. The molecule has 0 fully saturated rings. The number of hydrogen-bond donors (Lipinski definition) is 4. The maximum Gasteiger partial charge on any atom is 0.133 e. The highest BCUT2D eigenvalue weighted by Gasteiger charge is 2.01. The number of aliphatic hydroxyl groups excluding tert-OH is 1. The van der Waals surface area contributed by atoms with Crippen LogP contribution in [0.5, 0.6) is 0 Å². The summed E-state index contributed by atoms with van der Waals surface area (Å²) in [7, 11) is 0. The van der Waals surface area contributed by atoms with Gasteiger partial charge in [-0.2, -0.15) is 0 Å². The van der Waals surface area contributed by atoms with Crippen LogP contribution in [0.15, 0.2) is 12.3 Å². The summed E-state index contributed by atoms with van der Waals surface area (Å²) in [6.07, 6.45) is 0.637. The number of hydrogen-bond acceptors (Lipinski definition) is 5. The molecule has 5 nitrogen and oxygen atoms in total. The van der Waals surface area contributed by atoms with Gasteiger partial charge in [0.1, 0.15) is 12.5 Å². The second-order valence-corrected chi connectivity index (χ2v) is 2.61. The van der Waals surface area contributed by atoms with Crippen LogP contribution in [0.1, 0.15) is 6.42 Å². The predicted molar refractivity (Wildman–Crippen MR) is 50.9 cm³/mol. The molecule has 0 aliphatic heterocycles. The molecule has 0 saturated carbocycles. The maximum absolute atomic E-state index is 9.92. The van der Waals surface area contributed by atoms with E-state index in [2.05, 4.69) is 17.2 Å². The Kier molecular flexibility index (Phi) is 7.18. The van der Waals surface area contributed by atoms with Crippen molar-refractivity contribution >= 4 is 6.29 Å². The number of aldehydes is 1. The van der Waals surface area contributed by atoms with Crippen molar-refractivity contribution in [1.82, 2.24) is 10.6 Å². The minimum Gasteiger partial charge on any atom is -0.385 e. The summed E-state index contributed by atoms with van der Waals surface area (Å²) in [4.78, 5) is 9.92. The molecule has 0 spiro atoms.